The van der Waals surface area contributed by atoms with Crippen molar-refractivity contribution in [1.29, 1.82) is 0 Å². The standard InChI is InChI=1S/C19H25N5O4S/c1-23-13-16(11-17(23)18(20)25)29(27,28)24-9-5-15(6-10-24)19(26)22-8-4-14-3-2-7-21-12-14/h2-3,7,11-13,15H,4-6,8-10H2,1H3,(H2,20,25)(H,22,26). The Balaban J connectivity index is 1.53. The van der Waals surface area contributed by atoms with E-state index in [1.165, 1.54) is 21.1 Å². The summed E-state index contributed by atoms with van der Waals surface area (Å²) in [7, 11) is -2.16. The molecule has 3 rings (SSSR count). The van der Waals surface area contributed by atoms with E-state index < -0.39 is 15.9 Å². The van der Waals surface area contributed by atoms with Crippen LogP contribution in [-0.2, 0) is 28.3 Å². The smallest absolute Gasteiger partial charge is 0.265 e. The molecule has 156 valence electrons. The zero-order valence-corrected chi connectivity index (χ0v) is 17.1. The van der Waals surface area contributed by atoms with Crippen LogP contribution in [0.25, 0.3) is 0 Å². The van der Waals surface area contributed by atoms with Gasteiger partial charge in [-0.15, -0.1) is 0 Å². The average molecular weight is 420 g/mol. The summed E-state index contributed by atoms with van der Waals surface area (Å²) in [6.45, 7) is 1.02. The van der Waals surface area contributed by atoms with Gasteiger partial charge in [-0.1, -0.05) is 6.07 Å². The van der Waals surface area contributed by atoms with Gasteiger partial charge in [0.05, 0.1) is 0 Å². The number of piperidine rings is 1. The van der Waals surface area contributed by atoms with Crippen molar-refractivity contribution < 1.29 is 18.0 Å². The van der Waals surface area contributed by atoms with E-state index in [4.69, 9.17) is 5.73 Å². The second-order valence-corrected chi connectivity index (χ2v) is 9.05. The van der Waals surface area contributed by atoms with E-state index in [9.17, 15) is 18.0 Å². The molecule has 1 aliphatic heterocycles. The maximum absolute atomic E-state index is 12.8. The van der Waals surface area contributed by atoms with E-state index in [-0.39, 0.29) is 35.5 Å². The molecule has 2 amide bonds. The Labute approximate surface area is 170 Å². The number of primary amides is 1. The molecular formula is C19H25N5O4S. The van der Waals surface area contributed by atoms with Gasteiger partial charge in [0.2, 0.25) is 15.9 Å². The number of nitrogens with one attached hydrogen (secondary N) is 1. The van der Waals surface area contributed by atoms with Gasteiger partial charge in [0.25, 0.3) is 5.91 Å². The van der Waals surface area contributed by atoms with Crippen molar-refractivity contribution in [3.05, 3.63) is 48.0 Å². The van der Waals surface area contributed by atoms with E-state index in [1.807, 2.05) is 12.1 Å². The minimum Gasteiger partial charge on any atom is -0.364 e. The summed E-state index contributed by atoms with van der Waals surface area (Å²) in [5, 5.41) is 2.92. The summed E-state index contributed by atoms with van der Waals surface area (Å²) in [4.78, 5) is 27.8. The molecule has 29 heavy (non-hydrogen) atoms. The predicted molar refractivity (Wildman–Crippen MR) is 106 cm³/mol. The molecule has 1 saturated heterocycles. The second kappa shape index (κ2) is 8.75. The number of rotatable bonds is 7. The number of nitrogens with two attached hydrogens (primary N) is 1. The Morgan fingerprint density at radius 3 is 2.62 bits per heavy atom. The van der Waals surface area contributed by atoms with Gasteiger partial charge in [0, 0.05) is 51.2 Å². The van der Waals surface area contributed by atoms with Crippen LogP contribution in [0.5, 0.6) is 0 Å². The molecule has 0 aromatic carbocycles. The first-order valence-electron chi connectivity index (χ1n) is 9.42. The second-order valence-electron chi connectivity index (χ2n) is 7.12. The van der Waals surface area contributed by atoms with Crippen LogP contribution in [0.15, 0.2) is 41.7 Å². The highest BCUT2D eigenvalue weighted by atomic mass is 32.2. The third-order valence-electron chi connectivity index (χ3n) is 5.13. The molecule has 0 bridgehead atoms. The Morgan fingerprint density at radius 1 is 1.31 bits per heavy atom. The molecule has 0 aliphatic carbocycles. The first-order valence-corrected chi connectivity index (χ1v) is 10.9. The fourth-order valence-electron chi connectivity index (χ4n) is 3.45. The highest BCUT2D eigenvalue weighted by Crippen LogP contribution is 2.25. The molecule has 9 nitrogen and oxygen atoms in total. The first-order chi connectivity index (χ1) is 13.8. The van der Waals surface area contributed by atoms with E-state index in [1.54, 1.807) is 19.4 Å². The van der Waals surface area contributed by atoms with Gasteiger partial charge >= 0.3 is 0 Å². The fourth-order valence-corrected chi connectivity index (χ4v) is 4.99. The number of carbonyl (C=O) groups excluding carboxylic acids is 2. The molecule has 3 N–H and O–H groups in total. The van der Waals surface area contributed by atoms with E-state index in [2.05, 4.69) is 10.3 Å². The van der Waals surface area contributed by atoms with Crippen LogP contribution in [0.4, 0.5) is 0 Å². The number of hydrogen-bond donors (Lipinski definition) is 2. The molecule has 0 radical (unpaired) electrons. The number of carbonyl (C=O) groups is 2. The zero-order chi connectivity index (χ0) is 21.0. The highest BCUT2D eigenvalue weighted by molar-refractivity contribution is 7.89. The van der Waals surface area contributed by atoms with E-state index >= 15 is 0 Å². The van der Waals surface area contributed by atoms with E-state index in [0.29, 0.717) is 25.8 Å². The monoisotopic (exact) mass is 419 g/mol. The predicted octanol–water partition coefficient (Wildman–Crippen LogP) is 0.279. The van der Waals surface area contributed by atoms with Crippen LogP contribution in [0.2, 0.25) is 0 Å². The SMILES string of the molecule is Cn1cc(S(=O)(=O)N2CCC(C(=O)NCCc3cccnc3)CC2)cc1C(N)=O. The summed E-state index contributed by atoms with van der Waals surface area (Å²) in [5.41, 5.74) is 6.44. The highest BCUT2D eigenvalue weighted by Gasteiger charge is 2.33. The number of aryl methyl sites for hydroxylation is 1. The van der Waals surface area contributed by atoms with Crippen molar-refractivity contribution in [2.75, 3.05) is 19.6 Å². The fraction of sp³-hybridized carbons (Fsp3) is 0.421. The molecule has 1 aliphatic rings. The number of pyridine rings is 1. The van der Waals surface area contributed by atoms with Crippen molar-refractivity contribution in [3.63, 3.8) is 0 Å². The zero-order valence-electron chi connectivity index (χ0n) is 16.2. The van der Waals surface area contributed by atoms with Gasteiger partial charge in [-0.05, 0) is 37.0 Å². The Kier molecular flexibility index (Phi) is 6.33. The lowest BCUT2D eigenvalue weighted by Gasteiger charge is -2.30. The van der Waals surface area contributed by atoms with Gasteiger partial charge in [0.1, 0.15) is 10.6 Å². The van der Waals surface area contributed by atoms with E-state index in [0.717, 1.165) is 5.56 Å². The van der Waals surface area contributed by atoms with Crippen molar-refractivity contribution in [3.8, 4) is 0 Å². The minimum absolute atomic E-state index is 0.0353. The number of hydrogen-bond acceptors (Lipinski definition) is 5. The van der Waals surface area contributed by atoms with Gasteiger partial charge < -0.3 is 15.6 Å². The minimum atomic E-state index is -3.73. The van der Waals surface area contributed by atoms with Crippen LogP contribution in [0.3, 0.4) is 0 Å². The summed E-state index contributed by atoms with van der Waals surface area (Å²) in [5.74, 6) is -0.954. The molecule has 3 heterocycles. The van der Waals surface area contributed by atoms with Crippen molar-refractivity contribution in [2.45, 2.75) is 24.2 Å². The molecular weight excluding hydrogens is 394 g/mol. The average Bonchev–Trinajstić information content (AvgIpc) is 3.11. The van der Waals surface area contributed by atoms with Crippen LogP contribution >= 0.6 is 0 Å². The molecule has 1 fully saturated rings. The molecule has 0 saturated carbocycles. The topological polar surface area (TPSA) is 127 Å². The number of nitrogens with zero attached hydrogens (tertiary/aromatic N) is 3. The van der Waals surface area contributed by atoms with Gasteiger partial charge in [-0.25, -0.2) is 8.42 Å². The van der Waals surface area contributed by atoms with Crippen LogP contribution in [0, 0.1) is 5.92 Å². The first kappa shape index (κ1) is 21.0. The molecule has 10 heteroatoms. The number of aromatic nitrogens is 2. The molecule has 2 aromatic rings. The van der Waals surface area contributed by atoms with Gasteiger partial charge in [-0.2, -0.15) is 4.31 Å². The largest absolute Gasteiger partial charge is 0.364 e. The lowest BCUT2D eigenvalue weighted by molar-refractivity contribution is -0.126. The number of amides is 2. The molecule has 0 atom stereocenters. The number of sulfonamides is 1. The van der Waals surface area contributed by atoms with Crippen LogP contribution in [-0.4, -0.2) is 53.7 Å². The van der Waals surface area contributed by atoms with Gasteiger partial charge in [0.15, 0.2) is 0 Å². The Morgan fingerprint density at radius 2 is 2.03 bits per heavy atom. The third kappa shape index (κ3) is 4.83. The molecule has 0 spiro atoms. The quantitative estimate of drug-likeness (QED) is 0.666. The Bertz CT molecular complexity index is 979. The van der Waals surface area contributed by atoms with Crippen molar-refractivity contribution in [1.82, 2.24) is 19.2 Å². The van der Waals surface area contributed by atoms with Crippen molar-refractivity contribution >= 4 is 21.8 Å². The lowest BCUT2D eigenvalue weighted by atomic mass is 9.97. The Hall–Kier alpha value is -2.72. The lowest BCUT2D eigenvalue weighted by Crippen LogP contribution is -2.43. The summed E-state index contributed by atoms with van der Waals surface area (Å²) < 4.78 is 28.4. The van der Waals surface area contributed by atoms with Crippen LogP contribution < -0.4 is 11.1 Å². The summed E-state index contributed by atoms with van der Waals surface area (Å²) >= 11 is 0. The maximum Gasteiger partial charge on any atom is 0.265 e. The maximum atomic E-state index is 12.8. The van der Waals surface area contributed by atoms with Gasteiger partial charge in [-0.3, -0.25) is 14.6 Å². The molecule has 0 unspecified atom stereocenters. The summed E-state index contributed by atoms with van der Waals surface area (Å²) in [6.07, 6.45) is 6.45. The van der Waals surface area contributed by atoms with Crippen molar-refractivity contribution in [2.24, 2.45) is 18.7 Å². The molecule has 2 aromatic heterocycles. The summed E-state index contributed by atoms with van der Waals surface area (Å²) in [6, 6.07) is 5.09. The third-order valence-corrected chi connectivity index (χ3v) is 6.99. The van der Waals surface area contributed by atoms with Crippen LogP contribution in [0.1, 0.15) is 28.9 Å². The normalized spacial score (nSPS) is 15.9.